The lowest BCUT2D eigenvalue weighted by Gasteiger charge is -2.28. The second kappa shape index (κ2) is 8.15. The molecule has 0 bridgehead atoms. The van der Waals surface area contributed by atoms with E-state index in [0.29, 0.717) is 13.1 Å². The van der Waals surface area contributed by atoms with Gasteiger partial charge >= 0.3 is 0 Å². The molecule has 0 heterocycles. The number of nitrogens with one attached hydrogen (secondary N) is 1. The van der Waals surface area contributed by atoms with Crippen LogP contribution in [0.1, 0.15) is 43.4 Å². The van der Waals surface area contributed by atoms with Crippen molar-refractivity contribution in [2.45, 2.75) is 38.6 Å². The summed E-state index contributed by atoms with van der Waals surface area (Å²) in [4.78, 5) is 14.1. The van der Waals surface area contributed by atoms with Gasteiger partial charge in [-0.15, -0.1) is 0 Å². The van der Waals surface area contributed by atoms with E-state index in [0.717, 1.165) is 32.2 Å². The molecule has 1 aromatic rings. The van der Waals surface area contributed by atoms with Gasteiger partial charge in [0.15, 0.2) is 0 Å². The molecule has 1 amide bonds. The Labute approximate surface area is 127 Å². The lowest BCUT2D eigenvalue weighted by Crippen LogP contribution is -2.40. The zero-order valence-electron chi connectivity index (χ0n) is 12.8. The molecule has 4 nitrogen and oxygen atoms in total. The smallest absolute Gasteiger partial charge is 0.234 e. The van der Waals surface area contributed by atoms with E-state index >= 15 is 0 Å². The molecule has 1 unspecified atom stereocenters. The van der Waals surface area contributed by atoms with Crippen molar-refractivity contribution in [1.82, 2.24) is 10.2 Å². The molecular weight excluding hydrogens is 264 g/mol. The Morgan fingerprint density at radius 1 is 1.43 bits per heavy atom. The standard InChI is InChI=1S/C17H26N2O2/c1-2-3-10-18-17(21)13-19(11-12-20)16-9-8-14-6-4-5-7-15(14)16/h4-7,16,20H,2-3,8-13H2,1H3,(H,18,21). The quantitative estimate of drug-likeness (QED) is 0.719. The van der Waals surface area contributed by atoms with Crippen LogP contribution in [0.5, 0.6) is 0 Å². The molecule has 1 aliphatic carbocycles. The molecule has 0 spiro atoms. The van der Waals surface area contributed by atoms with Crippen LogP contribution in [0.25, 0.3) is 0 Å². The van der Waals surface area contributed by atoms with E-state index < -0.39 is 0 Å². The van der Waals surface area contributed by atoms with Gasteiger partial charge in [-0.1, -0.05) is 37.6 Å². The highest BCUT2D eigenvalue weighted by Crippen LogP contribution is 2.35. The Bertz CT molecular complexity index is 462. The topological polar surface area (TPSA) is 52.6 Å². The third-order valence-electron chi connectivity index (χ3n) is 4.13. The molecule has 21 heavy (non-hydrogen) atoms. The first kappa shape index (κ1) is 16.0. The maximum atomic E-state index is 12.0. The van der Waals surface area contributed by atoms with Gasteiger partial charge in [-0.05, 0) is 30.4 Å². The summed E-state index contributed by atoms with van der Waals surface area (Å²) < 4.78 is 0. The van der Waals surface area contributed by atoms with Crippen LogP contribution in [0.15, 0.2) is 24.3 Å². The van der Waals surface area contributed by atoms with E-state index in [2.05, 4.69) is 41.4 Å². The maximum Gasteiger partial charge on any atom is 0.234 e. The molecular formula is C17H26N2O2. The van der Waals surface area contributed by atoms with E-state index in [1.54, 1.807) is 0 Å². The van der Waals surface area contributed by atoms with Gasteiger partial charge in [0.05, 0.1) is 13.2 Å². The predicted octanol–water partition coefficient (Wildman–Crippen LogP) is 1.88. The van der Waals surface area contributed by atoms with E-state index in [1.807, 2.05) is 0 Å². The zero-order valence-corrected chi connectivity index (χ0v) is 12.8. The number of nitrogens with zero attached hydrogens (tertiary/aromatic N) is 1. The summed E-state index contributed by atoms with van der Waals surface area (Å²) >= 11 is 0. The summed E-state index contributed by atoms with van der Waals surface area (Å²) in [5.74, 6) is 0.0567. The first-order valence-corrected chi connectivity index (χ1v) is 7.95. The fourth-order valence-corrected chi connectivity index (χ4v) is 3.03. The summed E-state index contributed by atoms with van der Waals surface area (Å²) in [5, 5.41) is 12.3. The molecule has 2 N–H and O–H groups in total. The van der Waals surface area contributed by atoms with Crippen molar-refractivity contribution < 1.29 is 9.90 Å². The van der Waals surface area contributed by atoms with Crippen molar-refractivity contribution in [2.75, 3.05) is 26.2 Å². The first-order valence-electron chi connectivity index (χ1n) is 7.95. The summed E-state index contributed by atoms with van der Waals surface area (Å²) in [5.41, 5.74) is 2.68. The van der Waals surface area contributed by atoms with Crippen molar-refractivity contribution in [1.29, 1.82) is 0 Å². The monoisotopic (exact) mass is 290 g/mol. The van der Waals surface area contributed by atoms with Gasteiger partial charge < -0.3 is 10.4 Å². The Morgan fingerprint density at radius 2 is 2.24 bits per heavy atom. The third kappa shape index (κ3) is 4.29. The molecule has 0 aromatic heterocycles. The van der Waals surface area contributed by atoms with Crippen molar-refractivity contribution in [3.63, 3.8) is 0 Å². The number of unbranched alkanes of at least 4 members (excludes halogenated alkanes) is 1. The first-order chi connectivity index (χ1) is 10.3. The van der Waals surface area contributed by atoms with Crippen molar-refractivity contribution in [2.24, 2.45) is 0 Å². The minimum Gasteiger partial charge on any atom is -0.395 e. The highest BCUT2D eigenvalue weighted by atomic mass is 16.3. The number of benzene rings is 1. The fraction of sp³-hybridized carbons (Fsp3) is 0.588. The van der Waals surface area contributed by atoms with Crippen molar-refractivity contribution in [3.05, 3.63) is 35.4 Å². The molecule has 0 saturated carbocycles. The second-order valence-electron chi connectivity index (χ2n) is 5.65. The van der Waals surface area contributed by atoms with Gasteiger partial charge in [-0.2, -0.15) is 0 Å². The van der Waals surface area contributed by atoms with E-state index in [-0.39, 0.29) is 18.6 Å². The van der Waals surface area contributed by atoms with Crippen LogP contribution in [0.3, 0.4) is 0 Å². The average molecular weight is 290 g/mol. The molecule has 0 aliphatic heterocycles. The van der Waals surface area contributed by atoms with Crippen LogP contribution in [-0.2, 0) is 11.2 Å². The lowest BCUT2D eigenvalue weighted by molar-refractivity contribution is -0.123. The minimum atomic E-state index is 0.0567. The predicted molar refractivity (Wildman–Crippen MR) is 84.1 cm³/mol. The Hall–Kier alpha value is -1.39. The van der Waals surface area contributed by atoms with Crippen molar-refractivity contribution >= 4 is 5.91 Å². The molecule has 0 saturated heterocycles. The summed E-state index contributed by atoms with van der Waals surface area (Å²) in [7, 11) is 0. The molecule has 2 rings (SSSR count). The number of aryl methyl sites for hydroxylation is 1. The number of hydrogen-bond donors (Lipinski definition) is 2. The number of carbonyl (C=O) groups excluding carboxylic acids is 1. The normalized spacial score (nSPS) is 17.0. The number of fused-ring (bicyclic) bond motifs is 1. The number of hydrogen-bond acceptors (Lipinski definition) is 3. The number of rotatable bonds is 8. The SMILES string of the molecule is CCCCNC(=O)CN(CCO)C1CCc2ccccc21. The third-order valence-corrected chi connectivity index (χ3v) is 4.13. The number of aliphatic hydroxyl groups excluding tert-OH is 1. The van der Waals surface area contributed by atoms with Gasteiger partial charge in [-0.25, -0.2) is 0 Å². The van der Waals surface area contributed by atoms with Crippen LogP contribution in [0.2, 0.25) is 0 Å². The average Bonchev–Trinajstić information content (AvgIpc) is 2.91. The van der Waals surface area contributed by atoms with Gasteiger partial charge in [0.2, 0.25) is 5.91 Å². The minimum absolute atomic E-state index is 0.0567. The molecule has 0 fully saturated rings. The van der Waals surface area contributed by atoms with Crippen LogP contribution < -0.4 is 5.32 Å². The molecule has 1 aliphatic rings. The Kier molecular flexibility index (Phi) is 6.21. The summed E-state index contributed by atoms with van der Waals surface area (Å²) in [6.07, 6.45) is 4.18. The number of aliphatic hydroxyl groups is 1. The summed E-state index contributed by atoms with van der Waals surface area (Å²) in [6.45, 7) is 3.84. The van der Waals surface area contributed by atoms with Crippen LogP contribution in [0.4, 0.5) is 0 Å². The second-order valence-corrected chi connectivity index (χ2v) is 5.65. The molecule has 116 valence electrons. The van der Waals surface area contributed by atoms with Crippen LogP contribution >= 0.6 is 0 Å². The van der Waals surface area contributed by atoms with E-state index in [9.17, 15) is 9.90 Å². The van der Waals surface area contributed by atoms with E-state index in [1.165, 1.54) is 11.1 Å². The van der Waals surface area contributed by atoms with Gasteiger partial charge in [0.25, 0.3) is 0 Å². The highest BCUT2D eigenvalue weighted by molar-refractivity contribution is 5.78. The maximum absolute atomic E-state index is 12.0. The van der Waals surface area contributed by atoms with Crippen molar-refractivity contribution in [3.8, 4) is 0 Å². The lowest BCUT2D eigenvalue weighted by atomic mass is 10.1. The van der Waals surface area contributed by atoms with Gasteiger partial charge in [0.1, 0.15) is 0 Å². The van der Waals surface area contributed by atoms with Crippen LogP contribution in [-0.4, -0.2) is 42.2 Å². The van der Waals surface area contributed by atoms with E-state index in [4.69, 9.17) is 0 Å². The largest absolute Gasteiger partial charge is 0.395 e. The molecule has 0 radical (unpaired) electrons. The van der Waals surface area contributed by atoms with Crippen LogP contribution in [0, 0.1) is 0 Å². The van der Waals surface area contributed by atoms with Gasteiger partial charge in [-0.3, -0.25) is 9.69 Å². The Morgan fingerprint density at radius 3 is 3.00 bits per heavy atom. The molecule has 1 aromatic carbocycles. The number of amides is 1. The number of carbonyl (C=O) groups is 1. The fourth-order valence-electron chi connectivity index (χ4n) is 3.03. The van der Waals surface area contributed by atoms with Gasteiger partial charge in [0, 0.05) is 19.1 Å². The molecule has 1 atom stereocenters. The summed E-state index contributed by atoms with van der Waals surface area (Å²) in [6, 6.07) is 8.68. The molecule has 4 heteroatoms. The Balaban J connectivity index is 1.98. The zero-order chi connectivity index (χ0) is 15.1. The highest BCUT2D eigenvalue weighted by Gasteiger charge is 2.28.